The molecule has 21 heavy (non-hydrogen) atoms. The van der Waals surface area contributed by atoms with Crippen molar-refractivity contribution in [2.24, 2.45) is 0 Å². The first-order valence-electron chi connectivity index (χ1n) is 5.50. The number of rotatable bonds is 5. The zero-order chi connectivity index (χ0) is 15.6. The molecule has 0 aliphatic carbocycles. The molecule has 0 aliphatic heterocycles. The first-order valence-corrected chi connectivity index (χ1v) is 7.74. The van der Waals surface area contributed by atoms with E-state index >= 15 is 0 Å². The first-order chi connectivity index (χ1) is 9.79. The standard InChI is InChI=1S/C11H9Cl2N3O4S/c12-8-2-1-3-9(11(8)13)15-21(19,20)7-4-14-16(5-7)6-10(17)18/h1-5,15H,6H2,(H,17,18). The molecule has 0 amide bonds. The van der Waals surface area contributed by atoms with Gasteiger partial charge in [-0.05, 0) is 12.1 Å². The van der Waals surface area contributed by atoms with Gasteiger partial charge in [-0.2, -0.15) is 5.10 Å². The molecule has 1 aromatic heterocycles. The Morgan fingerprint density at radius 2 is 2.10 bits per heavy atom. The van der Waals surface area contributed by atoms with Gasteiger partial charge < -0.3 is 5.11 Å². The van der Waals surface area contributed by atoms with Crippen molar-refractivity contribution in [1.29, 1.82) is 0 Å². The van der Waals surface area contributed by atoms with E-state index in [0.29, 0.717) is 0 Å². The van der Waals surface area contributed by atoms with Crippen LogP contribution < -0.4 is 4.72 Å². The van der Waals surface area contributed by atoms with E-state index < -0.39 is 22.5 Å². The average Bonchev–Trinajstić information content (AvgIpc) is 2.83. The van der Waals surface area contributed by atoms with Gasteiger partial charge in [0, 0.05) is 6.20 Å². The maximum Gasteiger partial charge on any atom is 0.325 e. The van der Waals surface area contributed by atoms with Gasteiger partial charge in [0.1, 0.15) is 11.4 Å². The second kappa shape index (κ2) is 5.92. The molecule has 1 aromatic carbocycles. The first kappa shape index (κ1) is 15.6. The molecule has 112 valence electrons. The Bertz CT molecular complexity index is 789. The number of nitrogens with one attached hydrogen (secondary N) is 1. The maximum atomic E-state index is 12.2. The second-order valence-corrected chi connectivity index (χ2v) is 6.44. The highest BCUT2D eigenvalue weighted by molar-refractivity contribution is 7.92. The Hall–Kier alpha value is -1.77. The molecule has 2 N–H and O–H groups in total. The van der Waals surface area contributed by atoms with Crippen LogP contribution in [0.3, 0.4) is 0 Å². The summed E-state index contributed by atoms with van der Waals surface area (Å²) in [6.07, 6.45) is 2.15. The number of halogens is 2. The molecule has 1 heterocycles. The van der Waals surface area contributed by atoms with Gasteiger partial charge >= 0.3 is 5.97 Å². The van der Waals surface area contributed by atoms with Crippen LogP contribution in [-0.2, 0) is 21.4 Å². The summed E-state index contributed by atoms with van der Waals surface area (Å²) in [5.41, 5.74) is 0.121. The zero-order valence-corrected chi connectivity index (χ0v) is 12.7. The highest BCUT2D eigenvalue weighted by Gasteiger charge is 2.19. The zero-order valence-electron chi connectivity index (χ0n) is 10.3. The number of nitrogens with zero attached hydrogens (tertiary/aromatic N) is 2. The van der Waals surface area contributed by atoms with Crippen molar-refractivity contribution in [3.8, 4) is 0 Å². The van der Waals surface area contributed by atoms with Crippen molar-refractivity contribution >= 4 is 44.9 Å². The van der Waals surface area contributed by atoms with Crippen LogP contribution in [0, 0.1) is 0 Å². The van der Waals surface area contributed by atoms with Crippen molar-refractivity contribution < 1.29 is 18.3 Å². The van der Waals surface area contributed by atoms with E-state index in [-0.39, 0.29) is 20.6 Å². The fourth-order valence-electron chi connectivity index (χ4n) is 1.49. The number of carbonyl (C=O) groups is 1. The highest BCUT2D eigenvalue weighted by Crippen LogP contribution is 2.31. The van der Waals surface area contributed by atoms with Gasteiger partial charge in [0.25, 0.3) is 10.0 Å². The van der Waals surface area contributed by atoms with Crippen molar-refractivity contribution in [3.63, 3.8) is 0 Å². The molecule has 0 fully saturated rings. The van der Waals surface area contributed by atoms with E-state index in [0.717, 1.165) is 17.1 Å². The second-order valence-electron chi connectivity index (χ2n) is 3.97. The van der Waals surface area contributed by atoms with E-state index in [1.807, 2.05) is 0 Å². The average molecular weight is 350 g/mol. The summed E-state index contributed by atoms with van der Waals surface area (Å²) >= 11 is 11.7. The van der Waals surface area contributed by atoms with E-state index in [1.54, 1.807) is 6.07 Å². The molecule has 0 unspecified atom stereocenters. The van der Waals surface area contributed by atoms with Crippen LogP contribution in [-0.4, -0.2) is 29.3 Å². The van der Waals surface area contributed by atoms with Crippen molar-refractivity contribution in [1.82, 2.24) is 9.78 Å². The fraction of sp³-hybridized carbons (Fsp3) is 0.0909. The van der Waals surface area contributed by atoms with Crippen molar-refractivity contribution in [3.05, 3.63) is 40.6 Å². The monoisotopic (exact) mass is 349 g/mol. The van der Waals surface area contributed by atoms with E-state index in [4.69, 9.17) is 28.3 Å². The number of aliphatic carboxylic acids is 1. The lowest BCUT2D eigenvalue weighted by Crippen LogP contribution is -2.13. The number of benzene rings is 1. The molecule has 10 heteroatoms. The van der Waals surface area contributed by atoms with Crippen LogP contribution in [0.5, 0.6) is 0 Å². The Morgan fingerprint density at radius 1 is 1.38 bits per heavy atom. The van der Waals surface area contributed by atoms with Gasteiger partial charge in [0.05, 0.1) is 21.9 Å². The summed E-state index contributed by atoms with van der Waals surface area (Å²) in [7, 11) is -3.94. The molecule has 2 rings (SSSR count). The summed E-state index contributed by atoms with van der Waals surface area (Å²) in [5.74, 6) is -1.13. The smallest absolute Gasteiger partial charge is 0.325 e. The number of carboxylic acid groups (broad SMARTS) is 1. The molecule has 7 nitrogen and oxygen atoms in total. The van der Waals surface area contributed by atoms with Gasteiger partial charge in [0.2, 0.25) is 0 Å². The number of aromatic nitrogens is 2. The minimum atomic E-state index is -3.94. The normalized spacial score (nSPS) is 11.3. The summed E-state index contributed by atoms with van der Waals surface area (Å²) in [6.45, 7) is -0.437. The Balaban J connectivity index is 2.28. The summed E-state index contributed by atoms with van der Waals surface area (Å²) in [6, 6.07) is 4.51. The van der Waals surface area contributed by atoms with Crippen LogP contribution >= 0.6 is 23.2 Å². The van der Waals surface area contributed by atoms with E-state index in [9.17, 15) is 13.2 Å². The Kier molecular flexibility index (Phi) is 4.40. The number of hydrogen-bond donors (Lipinski definition) is 2. The number of carboxylic acids is 1. The fourth-order valence-corrected chi connectivity index (χ4v) is 2.92. The third kappa shape index (κ3) is 3.66. The molecule has 0 saturated heterocycles. The van der Waals surface area contributed by atoms with Crippen LogP contribution in [0.1, 0.15) is 0 Å². The Labute approximate surface area is 130 Å². The topological polar surface area (TPSA) is 101 Å². The van der Waals surface area contributed by atoms with Crippen molar-refractivity contribution in [2.45, 2.75) is 11.4 Å². The number of anilines is 1. The SMILES string of the molecule is O=C(O)Cn1cc(S(=O)(=O)Nc2cccc(Cl)c2Cl)cn1. The molecule has 0 bridgehead atoms. The Morgan fingerprint density at radius 3 is 2.76 bits per heavy atom. The summed E-state index contributed by atoms with van der Waals surface area (Å²) in [5, 5.41) is 12.6. The van der Waals surface area contributed by atoms with Crippen LogP contribution in [0.15, 0.2) is 35.5 Å². The lowest BCUT2D eigenvalue weighted by Gasteiger charge is -2.08. The summed E-state index contributed by atoms with van der Waals surface area (Å²) < 4.78 is 27.6. The highest BCUT2D eigenvalue weighted by atomic mass is 35.5. The van der Waals surface area contributed by atoms with Crippen LogP contribution in [0.4, 0.5) is 5.69 Å². The van der Waals surface area contributed by atoms with Crippen LogP contribution in [0.25, 0.3) is 0 Å². The quantitative estimate of drug-likeness (QED) is 0.860. The van der Waals surface area contributed by atoms with Crippen molar-refractivity contribution in [2.75, 3.05) is 4.72 Å². The third-order valence-corrected chi connectivity index (χ3v) is 4.55. The van der Waals surface area contributed by atoms with Gasteiger partial charge in [0.15, 0.2) is 0 Å². The number of sulfonamides is 1. The van der Waals surface area contributed by atoms with Gasteiger partial charge in [-0.3, -0.25) is 14.2 Å². The minimum absolute atomic E-state index is 0.0701. The largest absolute Gasteiger partial charge is 0.480 e. The molecular formula is C11H9Cl2N3O4S. The lowest BCUT2D eigenvalue weighted by atomic mass is 10.3. The van der Waals surface area contributed by atoms with E-state index in [2.05, 4.69) is 9.82 Å². The molecule has 0 radical (unpaired) electrons. The molecule has 2 aromatic rings. The molecular weight excluding hydrogens is 341 g/mol. The third-order valence-electron chi connectivity index (χ3n) is 2.41. The minimum Gasteiger partial charge on any atom is -0.480 e. The van der Waals surface area contributed by atoms with Gasteiger partial charge in [-0.1, -0.05) is 29.3 Å². The maximum absolute atomic E-state index is 12.2. The van der Waals surface area contributed by atoms with E-state index in [1.165, 1.54) is 12.1 Å². The molecule has 0 saturated carbocycles. The van der Waals surface area contributed by atoms with Crippen LogP contribution in [0.2, 0.25) is 10.0 Å². The molecule has 0 aliphatic rings. The predicted molar refractivity (Wildman–Crippen MR) is 77.1 cm³/mol. The number of hydrogen-bond acceptors (Lipinski definition) is 4. The summed E-state index contributed by atoms with van der Waals surface area (Å²) in [4.78, 5) is 10.4. The van der Waals surface area contributed by atoms with Gasteiger partial charge in [-0.15, -0.1) is 0 Å². The molecule has 0 atom stereocenters. The molecule has 0 spiro atoms. The van der Waals surface area contributed by atoms with Gasteiger partial charge in [-0.25, -0.2) is 8.42 Å². The lowest BCUT2D eigenvalue weighted by molar-refractivity contribution is -0.137. The predicted octanol–water partition coefficient (Wildman–Crippen LogP) is 2.08.